The third-order valence-electron chi connectivity index (χ3n) is 18.7. The molecule has 0 saturated heterocycles. The zero-order valence-electron chi connectivity index (χ0n) is 43.6. The van der Waals surface area contributed by atoms with Crippen LogP contribution in [0, 0.1) is 0 Å². The van der Waals surface area contributed by atoms with Crippen molar-refractivity contribution in [1.82, 2.24) is 0 Å². The van der Waals surface area contributed by atoms with Gasteiger partial charge in [-0.1, -0.05) is 225 Å². The van der Waals surface area contributed by atoms with Gasteiger partial charge in [0.15, 0.2) is 0 Å². The summed E-state index contributed by atoms with van der Waals surface area (Å²) in [6, 6.07) is 79.9. The Morgan fingerprint density at radius 2 is 0.419 bits per heavy atom. The molecule has 11 aromatic carbocycles. The second kappa shape index (κ2) is 14.8. The third kappa shape index (κ3) is 5.75. The first-order chi connectivity index (χ1) is 35.7. The van der Waals surface area contributed by atoms with E-state index in [1.54, 1.807) is 0 Å². The lowest BCUT2D eigenvalue weighted by atomic mass is 9.78. The SMILES string of the molecule is CC1(C)c2ccccc2-c2ccc(-c3ccc4c(-c5ccc6c(c5)C(C)(C)c5ccccc5-6)c5cc(-c6ccc7c(c6)C(C)(C)c6ccccc6-7)ccc5c(-c5ccc6c(c5)C(C)(C)c5ccccc5-6)c4c3)cc21. The minimum atomic E-state index is -0.142. The van der Waals surface area contributed by atoms with E-state index in [1.165, 1.54) is 155 Å². The molecule has 0 spiro atoms. The van der Waals surface area contributed by atoms with Crippen LogP contribution in [0.25, 0.3) is 111 Å². The van der Waals surface area contributed by atoms with Crippen LogP contribution in [0.15, 0.2) is 206 Å². The zero-order chi connectivity index (χ0) is 50.2. The molecule has 15 rings (SSSR count). The summed E-state index contributed by atoms with van der Waals surface area (Å²) in [6.45, 7) is 19.2. The largest absolute Gasteiger partial charge is 0.0619 e. The van der Waals surface area contributed by atoms with Crippen molar-refractivity contribution < 1.29 is 0 Å². The Morgan fingerprint density at radius 1 is 0.189 bits per heavy atom. The molecule has 0 fully saturated rings. The standard InChI is InChI=1S/C74H58/c1-71(2)61-21-13-9-17-49(61)53-31-25-45(39-65(53)71)43-27-35-57-59(37-43)69(47-29-33-55-51-19-11-15-23-63(51)73(5,6)67(55)41-47)58-36-28-44(46-26-32-54-50-18-10-14-22-62(50)72(3,4)66(54)40-46)38-60(58)70(57)48-30-34-56-52-20-12-16-24-64(52)74(7,8)68(56)42-48/h9-42H,1-8H3. The summed E-state index contributed by atoms with van der Waals surface area (Å²) in [6.07, 6.45) is 0. The predicted molar refractivity (Wildman–Crippen MR) is 313 cm³/mol. The summed E-state index contributed by atoms with van der Waals surface area (Å²) in [5.74, 6) is 0. The van der Waals surface area contributed by atoms with E-state index < -0.39 is 0 Å². The van der Waals surface area contributed by atoms with Gasteiger partial charge in [0.1, 0.15) is 0 Å². The molecular formula is C74H58. The Kier molecular flexibility index (Phi) is 8.70. The van der Waals surface area contributed by atoms with Crippen LogP contribution in [0.3, 0.4) is 0 Å². The molecule has 0 heterocycles. The van der Waals surface area contributed by atoms with Crippen LogP contribution in [0.4, 0.5) is 0 Å². The third-order valence-corrected chi connectivity index (χ3v) is 18.7. The van der Waals surface area contributed by atoms with Crippen molar-refractivity contribution in [2.75, 3.05) is 0 Å². The van der Waals surface area contributed by atoms with Gasteiger partial charge in [-0.2, -0.15) is 0 Å². The van der Waals surface area contributed by atoms with Crippen molar-refractivity contribution in [1.29, 1.82) is 0 Å². The second-order valence-corrected chi connectivity index (χ2v) is 24.0. The van der Waals surface area contributed by atoms with Gasteiger partial charge in [-0.3, -0.25) is 0 Å². The summed E-state index contributed by atoms with van der Waals surface area (Å²) in [7, 11) is 0. The Hall–Kier alpha value is -8.06. The Labute approximate surface area is 436 Å². The minimum absolute atomic E-state index is 0.0978. The van der Waals surface area contributed by atoms with E-state index in [9.17, 15) is 0 Å². The molecule has 0 N–H and O–H groups in total. The Bertz CT molecular complexity index is 4020. The molecule has 0 unspecified atom stereocenters. The number of rotatable bonds is 4. The number of hydrogen-bond donors (Lipinski definition) is 0. The van der Waals surface area contributed by atoms with Crippen molar-refractivity contribution in [3.05, 3.63) is 251 Å². The summed E-state index contributed by atoms with van der Waals surface area (Å²) < 4.78 is 0. The van der Waals surface area contributed by atoms with E-state index >= 15 is 0 Å². The number of benzene rings is 11. The summed E-state index contributed by atoms with van der Waals surface area (Å²) >= 11 is 0. The van der Waals surface area contributed by atoms with Gasteiger partial charge in [0.25, 0.3) is 0 Å². The summed E-state index contributed by atoms with van der Waals surface area (Å²) in [4.78, 5) is 0. The zero-order valence-corrected chi connectivity index (χ0v) is 43.6. The molecule has 0 bridgehead atoms. The molecular weight excluding hydrogens is 889 g/mol. The molecule has 11 aromatic rings. The lowest BCUT2D eigenvalue weighted by molar-refractivity contribution is 0.660. The van der Waals surface area contributed by atoms with Crippen LogP contribution in [0.1, 0.15) is 99.9 Å². The Balaban J connectivity index is 1.02. The monoisotopic (exact) mass is 946 g/mol. The average molecular weight is 947 g/mol. The quantitative estimate of drug-likeness (QED) is 0.154. The van der Waals surface area contributed by atoms with Crippen molar-refractivity contribution in [3.8, 4) is 89.0 Å². The molecule has 4 aliphatic carbocycles. The van der Waals surface area contributed by atoms with E-state index in [-0.39, 0.29) is 21.7 Å². The average Bonchev–Trinajstić information content (AvgIpc) is 3.99. The molecule has 0 heteroatoms. The van der Waals surface area contributed by atoms with E-state index in [1.807, 2.05) is 0 Å². The highest BCUT2D eigenvalue weighted by molar-refractivity contribution is 6.23. The number of fused-ring (bicyclic) bond motifs is 14. The van der Waals surface area contributed by atoms with Crippen LogP contribution >= 0.6 is 0 Å². The molecule has 0 aliphatic heterocycles. The second-order valence-electron chi connectivity index (χ2n) is 24.0. The van der Waals surface area contributed by atoms with Crippen molar-refractivity contribution in [2.24, 2.45) is 0 Å². The van der Waals surface area contributed by atoms with E-state index in [4.69, 9.17) is 0 Å². The van der Waals surface area contributed by atoms with Crippen LogP contribution in [0.2, 0.25) is 0 Å². The molecule has 0 radical (unpaired) electrons. The molecule has 4 aliphatic rings. The van der Waals surface area contributed by atoms with Crippen LogP contribution in [-0.2, 0) is 21.7 Å². The fraction of sp³-hybridized carbons (Fsp3) is 0.162. The number of hydrogen-bond acceptors (Lipinski definition) is 0. The first kappa shape index (κ1) is 43.5. The maximum absolute atomic E-state index is 2.54. The van der Waals surface area contributed by atoms with Gasteiger partial charge in [-0.15, -0.1) is 0 Å². The topological polar surface area (TPSA) is 0 Å². The Morgan fingerprint density at radius 3 is 0.730 bits per heavy atom. The van der Waals surface area contributed by atoms with Crippen LogP contribution in [0.5, 0.6) is 0 Å². The van der Waals surface area contributed by atoms with E-state index in [0.717, 1.165) is 0 Å². The first-order valence-electron chi connectivity index (χ1n) is 26.7. The van der Waals surface area contributed by atoms with Crippen LogP contribution < -0.4 is 0 Å². The van der Waals surface area contributed by atoms with Gasteiger partial charge in [-0.05, 0) is 191 Å². The maximum atomic E-state index is 2.54. The van der Waals surface area contributed by atoms with Gasteiger partial charge >= 0.3 is 0 Å². The van der Waals surface area contributed by atoms with Crippen molar-refractivity contribution in [2.45, 2.75) is 77.0 Å². The fourth-order valence-electron chi connectivity index (χ4n) is 14.7. The minimum Gasteiger partial charge on any atom is -0.0619 e. The summed E-state index contributed by atoms with van der Waals surface area (Å²) in [5.41, 5.74) is 31.5. The van der Waals surface area contributed by atoms with Gasteiger partial charge in [-0.25, -0.2) is 0 Å². The molecule has 0 atom stereocenters. The first-order valence-corrected chi connectivity index (χ1v) is 26.7. The highest BCUT2D eigenvalue weighted by Crippen LogP contribution is 2.56. The highest BCUT2D eigenvalue weighted by atomic mass is 14.4. The van der Waals surface area contributed by atoms with E-state index in [0.29, 0.717) is 0 Å². The summed E-state index contributed by atoms with van der Waals surface area (Å²) in [5, 5.41) is 5.08. The van der Waals surface area contributed by atoms with Crippen LogP contribution in [-0.4, -0.2) is 0 Å². The van der Waals surface area contributed by atoms with Gasteiger partial charge in [0.2, 0.25) is 0 Å². The van der Waals surface area contributed by atoms with Crippen molar-refractivity contribution >= 4 is 21.5 Å². The lowest BCUT2D eigenvalue weighted by Gasteiger charge is -2.25. The van der Waals surface area contributed by atoms with Gasteiger partial charge in [0, 0.05) is 21.7 Å². The van der Waals surface area contributed by atoms with Crippen molar-refractivity contribution in [3.63, 3.8) is 0 Å². The van der Waals surface area contributed by atoms with E-state index in [2.05, 4.69) is 262 Å². The molecule has 0 amide bonds. The normalized spacial score (nSPS) is 16.0. The smallest absolute Gasteiger partial charge is 0.0159 e. The van der Waals surface area contributed by atoms with Gasteiger partial charge < -0.3 is 0 Å². The lowest BCUT2D eigenvalue weighted by Crippen LogP contribution is -2.15. The molecule has 0 saturated carbocycles. The fourth-order valence-corrected chi connectivity index (χ4v) is 14.7. The maximum Gasteiger partial charge on any atom is 0.0159 e. The molecule has 0 nitrogen and oxygen atoms in total. The highest BCUT2D eigenvalue weighted by Gasteiger charge is 2.39. The molecule has 354 valence electrons. The predicted octanol–water partition coefficient (Wildman–Crippen LogP) is 19.9. The molecule has 0 aromatic heterocycles. The van der Waals surface area contributed by atoms with Gasteiger partial charge in [0.05, 0.1) is 0 Å². The molecule has 74 heavy (non-hydrogen) atoms.